The average molecular weight is 401 g/mol. The summed E-state index contributed by atoms with van der Waals surface area (Å²) in [4.78, 5) is 15.0. The van der Waals surface area contributed by atoms with Gasteiger partial charge in [-0.15, -0.1) is 0 Å². The fraction of sp³-hybridized carbons (Fsp3) is 0.100. The number of carbonyl (C=O) groups is 1. The van der Waals surface area contributed by atoms with Crippen LogP contribution in [0.5, 0.6) is 0 Å². The number of para-hydroxylation sites is 1. The lowest BCUT2D eigenvalue weighted by molar-refractivity contribution is -0.136. The van der Waals surface area contributed by atoms with Gasteiger partial charge >= 0.3 is 6.18 Å². The number of aromatic nitrogens is 1. The minimum Gasteiger partial charge on any atom is -0.385 e. The van der Waals surface area contributed by atoms with Gasteiger partial charge in [0.2, 0.25) is 0 Å². The van der Waals surface area contributed by atoms with Crippen LogP contribution in [0.1, 0.15) is 28.5 Å². The predicted molar refractivity (Wildman–Crippen MR) is 106 cm³/mol. The highest BCUT2D eigenvalue weighted by Gasteiger charge is 2.33. The van der Waals surface area contributed by atoms with Crippen LogP contribution in [0.25, 0.3) is 10.9 Å². The molecule has 3 aromatic rings. The van der Waals surface area contributed by atoms with E-state index in [1.165, 1.54) is 18.2 Å². The Labute approximate surface area is 164 Å². The van der Waals surface area contributed by atoms with Crippen molar-refractivity contribution in [2.45, 2.75) is 13.1 Å². The summed E-state index contributed by atoms with van der Waals surface area (Å²) in [6, 6.07) is 12.0. The average Bonchev–Trinajstić information content (AvgIpc) is 3.10. The van der Waals surface area contributed by atoms with Gasteiger partial charge in [0.15, 0.2) is 0 Å². The second-order valence-electron chi connectivity index (χ2n) is 6.32. The summed E-state index contributed by atoms with van der Waals surface area (Å²) < 4.78 is 39.4. The zero-order chi connectivity index (χ0) is 21.2. The number of benzene rings is 2. The number of carbonyl (C=O) groups excluding carboxylic acids is 1. The van der Waals surface area contributed by atoms with Crippen LogP contribution in [0.3, 0.4) is 0 Å². The summed E-state index contributed by atoms with van der Waals surface area (Å²) >= 11 is 0. The van der Waals surface area contributed by atoms with E-state index in [0.717, 1.165) is 11.6 Å². The van der Waals surface area contributed by atoms with E-state index in [0.29, 0.717) is 16.8 Å². The fourth-order valence-corrected chi connectivity index (χ4v) is 2.73. The molecule has 0 aliphatic rings. The molecule has 0 saturated heterocycles. The van der Waals surface area contributed by atoms with E-state index in [2.05, 4.69) is 27.4 Å². The number of rotatable bonds is 5. The highest BCUT2D eigenvalue weighted by molar-refractivity contribution is 6.06. The zero-order valence-corrected chi connectivity index (χ0v) is 15.4. The molecule has 0 saturated carbocycles. The van der Waals surface area contributed by atoms with Crippen LogP contribution in [0, 0.1) is 0 Å². The Bertz CT molecular complexity index is 1100. The van der Waals surface area contributed by atoms with Crippen LogP contribution in [-0.2, 0) is 6.18 Å². The van der Waals surface area contributed by atoms with Crippen molar-refractivity contribution in [1.29, 1.82) is 0 Å². The van der Waals surface area contributed by atoms with Crippen LogP contribution in [0.15, 0.2) is 66.0 Å². The van der Waals surface area contributed by atoms with Gasteiger partial charge in [0, 0.05) is 11.1 Å². The number of nitrogens with two attached hydrogens (primary N) is 1. The first-order chi connectivity index (χ1) is 13.6. The number of aromatic amines is 1. The maximum Gasteiger partial charge on any atom is 0.418 e. The van der Waals surface area contributed by atoms with Crippen molar-refractivity contribution in [3.8, 4) is 0 Å². The summed E-state index contributed by atoms with van der Waals surface area (Å²) in [5.41, 5.74) is 8.97. The van der Waals surface area contributed by atoms with E-state index in [-0.39, 0.29) is 17.0 Å². The van der Waals surface area contributed by atoms with E-state index < -0.39 is 17.6 Å². The summed E-state index contributed by atoms with van der Waals surface area (Å²) in [6.07, 6.45) is -4.52. The number of hydrazone groups is 1. The maximum atomic E-state index is 13.1. The number of halogens is 3. The van der Waals surface area contributed by atoms with Crippen LogP contribution < -0.4 is 16.5 Å². The predicted octanol–water partition coefficient (Wildman–Crippen LogP) is 4.18. The lowest BCUT2D eigenvalue weighted by Gasteiger charge is -2.07. The summed E-state index contributed by atoms with van der Waals surface area (Å²) in [5.74, 6) is -0.339. The summed E-state index contributed by atoms with van der Waals surface area (Å²) in [6.45, 7) is 5.25. The number of hydrogen-bond acceptors (Lipinski definition) is 4. The van der Waals surface area contributed by atoms with Crippen LogP contribution in [0.4, 0.5) is 18.9 Å². The molecule has 0 spiro atoms. The molecule has 0 bridgehead atoms. The van der Waals surface area contributed by atoms with Gasteiger partial charge in [-0.25, -0.2) is 0 Å². The van der Waals surface area contributed by atoms with Crippen molar-refractivity contribution in [3.63, 3.8) is 0 Å². The fourth-order valence-electron chi connectivity index (χ4n) is 2.73. The molecule has 9 heteroatoms. The van der Waals surface area contributed by atoms with Gasteiger partial charge in [-0.1, -0.05) is 30.8 Å². The van der Waals surface area contributed by atoms with Gasteiger partial charge in [0.1, 0.15) is 11.5 Å². The first-order valence-corrected chi connectivity index (χ1v) is 8.50. The normalized spacial score (nSPS) is 12.1. The zero-order valence-electron chi connectivity index (χ0n) is 15.4. The number of anilines is 1. The Morgan fingerprint density at radius 2 is 1.86 bits per heavy atom. The standard InChI is InChI=1S/C20H18F3N5O/c1-11(27-28-12(2)24)13-6-8-15(9-7-13)25-19(29)17-10-14-4-3-5-16(18(14)26-17)20(21,22)23/h3-10,26,28H,2,24H2,1H3,(H,25,29)/b27-11+. The molecule has 6 nitrogen and oxygen atoms in total. The molecule has 0 radical (unpaired) electrons. The molecule has 0 atom stereocenters. The number of H-pyrrole nitrogens is 1. The molecule has 150 valence electrons. The van der Waals surface area contributed by atoms with Gasteiger partial charge in [-0.05, 0) is 36.8 Å². The van der Waals surface area contributed by atoms with Crippen LogP contribution in [0.2, 0.25) is 0 Å². The van der Waals surface area contributed by atoms with Crippen molar-refractivity contribution in [2.24, 2.45) is 10.8 Å². The Morgan fingerprint density at radius 1 is 1.17 bits per heavy atom. The molecule has 3 rings (SSSR count). The quantitative estimate of drug-likeness (QED) is 0.381. The highest BCUT2D eigenvalue weighted by Crippen LogP contribution is 2.34. The smallest absolute Gasteiger partial charge is 0.385 e. The van der Waals surface area contributed by atoms with E-state index in [1.807, 2.05) is 0 Å². The SMILES string of the molecule is C=C(N)N/N=C(\C)c1ccc(NC(=O)c2cc3cccc(C(F)(F)F)c3[nH]2)cc1. The van der Waals surface area contributed by atoms with E-state index in [1.54, 1.807) is 31.2 Å². The largest absolute Gasteiger partial charge is 0.418 e. The molecule has 5 N–H and O–H groups in total. The summed E-state index contributed by atoms with van der Waals surface area (Å²) in [7, 11) is 0. The third-order valence-corrected chi connectivity index (χ3v) is 4.13. The van der Waals surface area contributed by atoms with Crippen molar-refractivity contribution >= 4 is 28.2 Å². The van der Waals surface area contributed by atoms with Crippen molar-refractivity contribution in [1.82, 2.24) is 10.4 Å². The maximum absolute atomic E-state index is 13.1. The Balaban J connectivity index is 1.78. The van der Waals surface area contributed by atoms with Crippen molar-refractivity contribution < 1.29 is 18.0 Å². The van der Waals surface area contributed by atoms with Gasteiger partial charge in [-0.3, -0.25) is 10.2 Å². The molecule has 1 amide bonds. The van der Waals surface area contributed by atoms with E-state index in [9.17, 15) is 18.0 Å². The number of nitrogens with zero attached hydrogens (tertiary/aromatic N) is 1. The summed E-state index contributed by atoms with van der Waals surface area (Å²) in [5, 5.41) is 7.00. The van der Waals surface area contributed by atoms with Crippen LogP contribution in [-0.4, -0.2) is 16.6 Å². The number of nitrogens with one attached hydrogen (secondary N) is 3. The highest BCUT2D eigenvalue weighted by atomic mass is 19.4. The Hall–Kier alpha value is -3.75. The number of fused-ring (bicyclic) bond motifs is 1. The topological polar surface area (TPSA) is 95.3 Å². The lowest BCUT2D eigenvalue weighted by atomic mass is 10.1. The van der Waals surface area contributed by atoms with Gasteiger partial charge in [-0.2, -0.15) is 18.3 Å². The monoisotopic (exact) mass is 401 g/mol. The number of alkyl halides is 3. The molecule has 1 heterocycles. The first-order valence-electron chi connectivity index (χ1n) is 8.50. The minimum atomic E-state index is -4.52. The molecule has 1 aromatic heterocycles. The second-order valence-corrected chi connectivity index (χ2v) is 6.32. The van der Waals surface area contributed by atoms with E-state index in [4.69, 9.17) is 5.73 Å². The Morgan fingerprint density at radius 3 is 2.48 bits per heavy atom. The lowest BCUT2D eigenvalue weighted by Crippen LogP contribution is -2.15. The molecule has 2 aromatic carbocycles. The third-order valence-electron chi connectivity index (χ3n) is 4.13. The molecule has 0 aliphatic heterocycles. The molecule has 0 unspecified atom stereocenters. The molecule has 0 fully saturated rings. The third kappa shape index (κ3) is 4.57. The number of hydrogen-bond donors (Lipinski definition) is 4. The second kappa shape index (κ2) is 7.70. The van der Waals surface area contributed by atoms with Gasteiger partial charge in [0.05, 0.1) is 16.8 Å². The van der Waals surface area contributed by atoms with Crippen LogP contribution >= 0.6 is 0 Å². The molecule has 29 heavy (non-hydrogen) atoms. The molecular formula is C20H18F3N5O. The van der Waals surface area contributed by atoms with Crippen molar-refractivity contribution in [3.05, 3.63) is 77.8 Å². The van der Waals surface area contributed by atoms with E-state index >= 15 is 0 Å². The Kier molecular flexibility index (Phi) is 5.31. The number of amides is 1. The molecular weight excluding hydrogens is 383 g/mol. The minimum absolute atomic E-state index is 0.0316. The molecule has 0 aliphatic carbocycles. The van der Waals surface area contributed by atoms with Gasteiger partial charge in [0.25, 0.3) is 5.91 Å². The first kappa shape index (κ1) is 20.0. The van der Waals surface area contributed by atoms with Crippen molar-refractivity contribution in [2.75, 3.05) is 5.32 Å². The van der Waals surface area contributed by atoms with Gasteiger partial charge < -0.3 is 16.0 Å².